The van der Waals surface area contributed by atoms with Gasteiger partial charge in [0.25, 0.3) is 0 Å². The first-order valence-electron chi connectivity index (χ1n) is 7.42. The fourth-order valence-electron chi connectivity index (χ4n) is 2.86. The third-order valence-corrected chi connectivity index (χ3v) is 4.43. The highest BCUT2D eigenvalue weighted by atomic mass is 35.5. The number of hydrogen-bond donors (Lipinski definition) is 0. The van der Waals surface area contributed by atoms with Crippen LogP contribution in [0, 0.1) is 0 Å². The third-order valence-electron chi connectivity index (χ3n) is 3.88. The van der Waals surface area contributed by atoms with Crippen LogP contribution in [0.25, 0.3) is 0 Å². The van der Waals surface area contributed by atoms with Crippen molar-refractivity contribution < 1.29 is 22.6 Å². The predicted octanol–water partition coefficient (Wildman–Crippen LogP) is 4.20. The van der Waals surface area contributed by atoms with Gasteiger partial charge in [-0.05, 0) is 18.6 Å². The van der Waals surface area contributed by atoms with Gasteiger partial charge in [-0.1, -0.05) is 29.3 Å². The Hall–Kier alpha value is -1.35. The van der Waals surface area contributed by atoms with Gasteiger partial charge in [0.05, 0.1) is 6.54 Å². The van der Waals surface area contributed by atoms with E-state index in [-0.39, 0.29) is 6.54 Å². The Kier molecular flexibility index (Phi) is 5.24. The van der Waals surface area contributed by atoms with Crippen LogP contribution in [0.5, 0.6) is 0 Å². The van der Waals surface area contributed by atoms with Gasteiger partial charge in [0.2, 0.25) is 0 Å². The Labute approximate surface area is 151 Å². The number of ether oxygens (including phenoxy) is 2. The maximum Gasteiger partial charge on any atom is 0.411 e. The molecule has 2 heterocycles. The normalized spacial score (nSPS) is 24.0. The summed E-state index contributed by atoms with van der Waals surface area (Å²) < 4.78 is 49.5. The molecule has 0 aliphatic carbocycles. The van der Waals surface area contributed by atoms with Crippen molar-refractivity contribution >= 4 is 23.2 Å². The molecule has 0 amide bonds. The van der Waals surface area contributed by atoms with Crippen LogP contribution < -0.4 is 0 Å². The van der Waals surface area contributed by atoms with Crippen LogP contribution in [0.2, 0.25) is 10.0 Å². The minimum Gasteiger partial charge on any atom is -0.343 e. The van der Waals surface area contributed by atoms with Gasteiger partial charge in [-0.15, -0.1) is 0 Å². The number of nitrogens with zero attached hydrogens (tertiary/aromatic N) is 3. The van der Waals surface area contributed by atoms with Crippen LogP contribution in [0.3, 0.4) is 0 Å². The molecule has 0 radical (unpaired) electrons. The molecule has 5 nitrogen and oxygen atoms in total. The van der Waals surface area contributed by atoms with Crippen LogP contribution in [0.15, 0.2) is 30.9 Å². The Morgan fingerprint density at radius 2 is 2.16 bits per heavy atom. The van der Waals surface area contributed by atoms with E-state index in [1.165, 1.54) is 17.3 Å². The average molecular weight is 396 g/mol. The van der Waals surface area contributed by atoms with Crippen LogP contribution in [-0.4, -0.2) is 33.8 Å². The molecular formula is C15H14Cl2F3N3O2. The monoisotopic (exact) mass is 395 g/mol. The number of alkyl halides is 3. The van der Waals surface area contributed by atoms with E-state index in [1.54, 1.807) is 18.2 Å². The summed E-state index contributed by atoms with van der Waals surface area (Å²) in [4.78, 5) is 3.88. The predicted molar refractivity (Wildman–Crippen MR) is 84.3 cm³/mol. The molecule has 1 saturated heterocycles. The number of hydrogen-bond acceptors (Lipinski definition) is 4. The van der Waals surface area contributed by atoms with Crippen molar-refractivity contribution in [2.24, 2.45) is 0 Å². The lowest BCUT2D eigenvalue weighted by atomic mass is 9.90. The Bertz CT molecular complexity index is 727. The summed E-state index contributed by atoms with van der Waals surface area (Å²) in [6.45, 7) is -1.13. The molecule has 1 aliphatic rings. The second kappa shape index (κ2) is 7.11. The van der Waals surface area contributed by atoms with Gasteiger partial charge in [-0.3, -0.25) is 0 Å². The van der Waals surface area contributed by atoms with Crippen LogP contribution in [0.1, 0.15) is 18.4 Å². The number of aromatic nitrogens is 3. The molecule has 0 spiro atoms. The molecule has 0 saturated carbocycles. The molecule has 3 rings (SSSR count). The molecular weight excluding hydrogens is 382 g/mol. The molecule has 10 heteroatoms. The van der Waals surface area contributed by atoms with Gasteiger partial charge in [0, 0.05) is 22.0 Å². The van der Waals surface area contributed by atoms with E-state index in [0.717, 1.165) is 0 Å². The number of halogens is 5. The lowest BCUT2D eigenvalue weighted by molar-refractivity contribution is -0.239. The summed E-state index contributed by atoms with van der Waals surface area (Å²) in [7, 11) is 0. The van der Waals surface area contributed by atoms with Crippen molar-refractivity contribution in [2.45, 2.75) is 37.5 Å². The molecule has 1 aromatic carbocycles. The highest BCUT2D eigenvalue weighted by Crippen LogP contribution is 2.44. The molecule has 136 valence electrons. The van der Waals surface area contributed by atoms with Gasteiger partial charge in [0.15, 0.2) is 6.29 Å². The minimum atomic E-state index is -4.42. The van der Waals surface area contributed by atoms with Crippen LogP contribution in [0.4, 0.5) is 13.2 Å². The summed E-state index contributed by atoms with van der Waals surface area (Å²) in [5.74, 6) is 0. The van der Waals surface area contributed by atoms with E-state index in [0.29, 0.717) is 28.5 Å². The van der Waals surface area contributed by atoms with Crippen molar-refractivity contribution in [3.8, 4) is 0 Å². The van der Waals surface area contributed by atoms with Gasteiger partial charge in [-0.25, -0.2) is 9.67 Å². The largest absolute Gasteiger partial charge is 0.411 e. The second-order valence-corrected chi connectivity index (χ2v) is 6.57. The topological polar surface area (TPSA) is 49.2 Å². The van der Waals surface area contributed by atoms with Crippen LogP contribution in [-0.2, 0) is 21.6 Å². The zero-order valence-corrected chi connectivity index (χ0v) is 14.4. The second-order valence-electron chi connectivity index (χ2n) is 5.72. The molecule has 2 atom stereocenters. The molecule has 1 unspecified atom stereocenters. The van der Waals surface area contributed by atoms with Crippen molar-refractivity contribution in [3.05, 3.63) is 46.5 Å². The Morgan fingerprint density at radius 1 is 1.36 bits per heavy atom. The van der Waals surface area contributed by atoms with Crippen molar-refractivity contribution in [2.75, 3.05) is 6.61 Å². The number of rotatable bonds is 5. The van der Waals surface area contributed by atoms with E-state index in [4.69, 9.17) is 32.7 Å². The van der Waals surface area contributed by atoms with E-state index < -0.39 is 24.7 Å². The van der Waals surface area contributed by atoms with E-state index >= 15 is 0 Å². The fraction of sp³-hybridized carbons (Fsp3) is 0.467. The van der Waals surface area contributed by atoms with Crippen LogP contribution >= 0.6 is 23.2 Å². The van der Waals surface area contributed by atoms with Crippen molar-refractivity contribution in [1.82, 2.24) is 14.8 Å². The lowest BCUT2D eigenvalue weighted by Gasteiger charge is -2.30. The molecule has 1 aliphatic heterocycles. The van der Waals surface area contributed by atoms with E-state index in [1.807, 2.05) is 0 Å². The maximum atomic E-state index is 12.4. The Balaban J connectivity index is 1.86. The Morgan fingerprint density at radius 3 is 2.80 bits per heavy atom. The highest BCUT2D eigenvalue weighted by molar-refractivity contribution is 6.35. The van der Waals surface area contributed by atoms with Gasteiger partial charge in [0.1, 0.15) is 24.9 Å². The number of benzene rings is 1. The summed E-state index contributed by atoms with van der Waals surface area (Å²) in [5, 5.41) is 4.86. The summed E-state index contributed by atoms with van der Waals surface area (Å²) in [5.41, 5.74) is -0.363. The maximum absolute atomic E-state index is 12.4. The fourth-order valence-corrected chi connectivity index (χ4v) is 3.44. The summed E-state index contributed by atoms with van der Waals surface area (Å²) in [6.07, 6.45) is -1.83. The van der Waals surface area contributed by atoms with Crippen molar-refractivity contribution in [3.63, 3.8) is 0 Å². The lowest BCUT2D eigenvalue weighted by Crippen LogP contribution is -2.34. The zero-order valence-electron chi connectivity index (χ0n) is 12.8. The smallest absolute Gasteiger partial charge is 0.343 e. The van der Waals surface area contributed by atoms with E-state index in [2.05, 4.69) is 10.1 Å². The molecule has 0 bridgehead atoms. The molecule has 2 aromatic rings. The van der Waals surface area contributed by atoms with Gasteiger partial charge < -0.3 is 9.47 Å². The van der Waals surface area contributed by atoms with Gasteiger partial charge in [-0.2, -0.15) is 18.3 Å². The molecule has 1 fully saturated rings. The minimum absolute atomic E-state index is 0.236. The first-order valence-corrected chi connectivity index (χ1v) is 8.17. The van der Waals surface area contributed by atoms with Gasteiger partial charge >= 0.3 is 6.18 Å². The van der Waals surface area contributed by atoms with E-state index in [9.17, 15) is 13.2 Å². The third kappa shape index (κ3) is 4.44. The van der Waals surface area contributed by atoms with Crippen molar-refractivity contribution in [1.29, 1.82) is 0 Å². The zero-order chi connectivity index (χ0) is 18.1. The first kappa shape index (κ1) is 18.4. The molecule has 0 N–H and O–H groups in total. The standard InChI is InChI=1S/C15H14Cl2F3N3O2/c16-10-1-2-11(12(17)5-10)14(6-23-9-21-8-22-23)4-3-13(25-14)24-7-15(18,19)20/h1-2,5,8-9,13H,3-4,6-7H2/t13?,14-/m0/s1. The average Bonchev–Trinajstić information content (AvgIpc) is 3.15. The SMILES string of the molecule is FC(F)(F)COC1CC[C@](Cn2cncn2)(c2ccc(Cl)cc2Cl)O1. The molecule has 25 heavy (non-hydrogen) atoms. The first-order chi connectivity index (χ1) is 11.8. The highest BCUT2D eigenvalue weighted by Gasteiger charge is 2.45. The quantitative estimate of drug-likeness (QED) is 0.761. The summed E-state index contributed by atoms with van der Waals surface area (Å²) >= 11 is 12.2. The molecule has 1 aromatic heterocycles. The summed E-state index contributed by atoms with van der Waals surface area (Å²) in [6, 6.07) is 4.92.